The largest absolute Gasteiger partial charge is 0.463 e. The molecule has 2 nitrogen and oxygen atoms in total. The molecule has 0 aliphatic heterocycles. The molecule has 0 aliphatic rings. The van der Waals surface area contributed by atoms with Crippen LogP contribution in [0.25, 0.3) is 0 Å². The van der Waals surface area contributed by atoms with E-state index in [1.54, 1.807) is 0 Å². The van der Waals surface area contributed by atoms with E-state index in [0.717, 1.165) is 0 Å². The molecule has 2 heteroatoms. The third kappa shape index (κ3) is 4.15. The highest BCUT2D eigenvalue weighted by atomic mass is 16.5. The number of hydrogen-bond acceptors (Lipinski definition) is 2. The molecule has 1 rings (SSSR count). The fraction of sp³-hybridized carbons (Fsp3) is 0.462. The second-order valence-corrected chi connectivity index (χ2v) is 4.05. The van der Waals surface area contributed by atoms with Gasteiger partial charge in [-0.3, -0.25) is 4.79 Å². The van der Waals surface area contributed by atoms with Crippen molar-refractivity contribution in [3.05, 3.63) is 35.9 Å². The van der Waals surface area contributed by atoms with Crippen LogP contribution in [-0.2, 0) is 9.53 Å². The first-order valence-electron chi connectivity index (χ1n) is 5.34. The van der Waals surface area contributed by atoms with E-state index in [2.05, 4.69) is 0 Å². The van der Waals surface area contributed by atoms with E-state index in [9.17, 15) is 4.79 Å². The van der Waals surface area contributed by atoms with Gasteiger partial charge in [0.25, 0.3) is 0 Å². The van der Waals surface area contributed by atoms with E-state index < -0.39 is 0 Å². The van der Waals surface area contributed by atoms with E-state index in [-0.39, 0.29) is 18.0 Å². The monoisotopic (exact) mass is 206 g/mol. The molecule has 0 bridgehead atoms. The van der Waals surface area contributed by atoms with Crippen LogP contribution in [0.15, 0.2) is 30.3 Å². The molecule has 0 spiro atoms. The summed E-state index contributed by atoms with van der Waals surface area (Å²) in [7, 11) is 0. The zero-order valence-electron chi connectivity index (χ0n) is 9.57. The van der Waals surface area contributed by atoms with E-state index in [0.29, 0.717) is 6.42 Å². The number of rotatable bonds is 4. The maximum atomic E-state index is 11.4. The lowest BCUT2D eigenvalue weighted by atomic mass is 9.98. The first-order valence-corrected chi connectivity index (χ1v) is 5.34. The average Bonchev–Trinajstić information content (AvgIpc) is 2.17. The zero-order valence-corrected chi connectivity index (χ0v) is 9.57. The van der Waals surface area contributed by atoms with Gasteiger partial charge in [-0.15, -0.1) is 0 Å². The molecule has 0 N–H and O–H groups in total. The van der Waals surface area contributed by atoms with Gasteiger partial charge in [0.1, 0.15) is 0 Å². The Morgan fingerprint density at radius 2 is 1.80 bits per heavy atom. The highest BCUT2D eigenvalue weighted by Gasteiger charge is 2.12. The summed E-state index contributed by atoms with van der Waals surface area (Å²) in [6, 6.07) is 10.0. The Bertz CT molecular complexity index is 304. The maximum absolute atomic E-state index is 11.4. The molecule has 1 aromatic carbocycles. The van der Waals surface area contributed by atoms with Crippen molar-refractivity contribution in [2.45, 2.75) is 39.2 Å². The van der Waals surface area contributed by atoms with Crippen molar-refractivity contribution < 1.29 is 9.53 Å². The zero-order chi connectivity index (χ0) is 11.3. The number of carbonyl (C=O) groups excluding carboxylic acids is 1. The predicted octanol–water partition coefficient (Wildman–Crippen LogP) is 3.13. The second-order valence-electron chi connectivity index (χ2n) is 4.05. The SMILES string of the molecule is CC(C)OC(=O)C[C@H](C)c1ccccc1. The summed E-state index contributed by atoms with van der Waals surface area (Å²) < 4.78 is 5.10. The molecule has 1 aromatic rings. The van der Waals surface area contributed by atoms with Gasteiger partial charge in [-0.05, 0) is 25.3 Å². The van der Waals surface area contributed by atoms with Crippen molar-refractivity contribution in [1.82, 2.24) is 0 Å². The van der Waals surface area contributed by atoms with Crippen molar-refractivity contribution >= 4 is 5.97 Å². The Labute approximate surface area is 91.3 Å². The molecule has 15 heavy (non-hydrogen) atoms. The highest BCUT2D eigenvalue weighted by Crippen LogP contribution is 2.19. The molecular formula is C13H18O2. The van der Waals surface area contributed by atoms with Gasteiger partial charge in [-0.2, -0.15) is 0 Å². The Kier molecular flexibility index (Phi) is 4.35. The molecule has 0 aromatic heterocycles. The fourth-order valence-corrected chi connectivity index (χ4v) is 1.46. The third-order valence-electron chi connectivity index (χ3n) is 2.21. The minimum Gasteiger partial charge on any atom is -0.463 e. The Morgan fingerprint density at radius 3 is 2.33 bits per heavy atom. The fourth-order valence-electron chi connectivity index (χ4n) is 1.46. The highest BCUT2D eigenvalue weighted by molar-refractivity contribution is 5.70. The van der Waals surface area contributed by atoms with Gasteiger partial charge in [0, 0.05) is 0 Å². The maximum Gasteiger partial charge on any atom is 0.306 e. The van der Waals surface area contributed by atoms with Crippen molar-refractivity contribution in [3.63, 3.8) is 0 Å². The molecule has 0 unspecified atom stereocenters. The molecule has 0 amide bonds. The summed E-state index contributed by atoms with van der Waals surface area (Å²) in [5.41, 5.74) is 1.18. The Balaban J connectivity index is 2.49. The van der Waals surface area contributed by atoms with Gasteiger partial charge in [0.15, 0.2) is 0 Å². The normalized spacial score (nSPS) is 12.5. The molecule has 0 saturated heterocycles. The van der Waals surface area contributed by atoms with E-state index >= 15 is 0 Å². The van der Waals surface area contributed by atoms with Gasteiger partial charge < -0.3 is 4.74 Å². The van der Waals surface area contributed by atoms with Crippen LogP contribution >= 0.6 is 0 Å². The predicted molar refractivity (Wildman–Crippen MR) is 60.7 cm³/mol. The number of esters is 1. The smallest absolute Gasteiger partial charge is 0.306 e. The summed E-state index contributed by atoms with van der Waals surface area (Å²) in [4.78, 5) is 11.4. The van der Waals surface area contributed by atoms with Gasteiger partial charge in [-0.25, -0.2) is 0 Å². The van der Waals surface area contributed by atoms with Crippen molar-refractivity contribution in [2.75, 3.05) is 0 Å². The lowest BCUT2D eigenvalue weighted by Crippen LogP contribution is -2.13. The van der Waals surface area contributed by atoms with Crippen molar-refractivity contribution in [1.29, 1.82) is 0 Å². The molecule has 0 saturated carbocycles. The Hall–Kier alpha value is -1.31. The summed E-state index contributed by atoms with van der Waals surface area (Å²) in [5, 5.41) is 0. The standard InChI is InChI=1S/C13H18O2/c1-10(2)15-13(14)9-11(3)12-7-5-4-6-8-12/h4-8,10-11H,9H2,1-3H3/t11-/m0/s1. The van der Waals surface area contributed by atoms with Crippen LogP contribution in [0, 0.1) is 0 Å². The summed E-state index contributed by atoms with van der Waals surface area (Å²) in [6.45, 7) is 5.77. The third-order valence-corrected chi connectivity index (χ3v) is 2.21. The van der Waals surface area contributed by atoms with Crippen molar-refractivity contribution in [3.8, 4) is 0 Å². The topological polar surface area (TPSA) is 26.3 Å². The molecule has 1 atom stereocenters. The van der Waals surface area contributed by atoms with Crippen LogP contribution in [0.5, 0.6) is 0 Å². The number of ether oxygens (including phenoxy) is 1. The molecule has 0 fully saturated rings. The van der Waals surface area contributed by atoms with Crippen LogP contribution in [0.4, 0.5) is 0 Å². The lowest BCUT2D eigenvalue weighted by molar-refractivity contribution is -0.147. The summed E-state index contributed by atoms with van der Waals surface area (Å²) >= 11 is 0. The first-order chi connectivity index (χ1) is 7.09. The first kappa shape index (κ1) is 11.8. The van der Waals surface area contributed by atoms with Crippen molar-refractivity contribution in [2.24, 2.45) is 0 Å². The van der Waals surface area contributed by atoms with E-state index in [1.807, 2.05) is 51.1 Å². The minimum atomic E-state index is -0.124. The number of benzene rings is 1. The molecule has 0 heterocycles. The van der Waals surface area contributed by atoms with Gasteiger partial charge >= 0.3 is 5.97 Å². The van der Waals surface area contributed by atoms with Gasteiger partial charge in [0.2, 0.25) is 0 Å². The van der Waals surface area contributed by atoms with Gasteiger partial charge in [-0.1, -0.05) is 37.3 Å². The van der Waals surface area contributed by atoms with Crippen LogP contribution in [-0.4, -0.2) is 12.1 Å². The number of carbonyl (C=O) groups is 1. The quantitative estimate of drug-likeness (QED) is 0.707. The van der Waals surface area contributed by atoms with E-state index in [1.165, 1.54) is 5.56 Å². The van der Waals surface area contributed by atoms with Crippen LogP contribution < -0.4 is 0 Å². The van der Waals surface area contributed by atoms with Crippen LogP contribution in [0.2, 0.25) is 0 Å². The lowest BCUT2D eigenvalue weighted by Gasteiger charge is -2.12. The average molecular weight is 206 g/mol. The molecular weight excluding hydrogens is 188 g/mol. The van der Waals surface area contributed by atoms with Crippen LogP contribution in [0.3, 0.4) is 0 Å². The molecule has 82 valence electrons. The Morgan fingerprint density at radius 1 is 1.20 bits per heavy atom. The summed E-state index contributed by atoms with van der Waals surface area (Å²) in [6.07, 6.45) is 0.419. The molecule has 0 aliphatic carbocycles. The number of hydrogen-bond donors (Lipinski definition) is 0. The van der Waals surface area contributed by atoms with Gasteiger partial charge in [0.05, 0.1) is 12.5 Å². The second kappa shape index (κ2) is 5.54. The van der Waals surface area contributed by atoms with E-state index in [4.69, 9.17) is 4.74 Å². The molecule has 0 radical (unpaired) electrons. The summed E-state index contributed by atoms with van der Waals surface area (Å²) in [5.74, 6) is 0.0961. The minimum absolute atomic E-state index is 0.0273. The van der Waals surface area contributed by atoms with Crippen LogP contribution in [0.1, 0.15) is 38.7 Å².